The first kappa shape index (κ1) is 6.39. The van der Waals surface area contributed by atoms with Gasteiger partial charge in [0.25, 0.3) is 0 Å². The van der Waals surface area contributed by atoms with E-state index >= 15 is 0 Å². The van der Waals surface area contributed by atoms with Crippen molar-refractivity contribution >= 4 is 28.6 Å². The quantitative estimate of drug-likeness (QED) is 0.512. The Morgan fingerprint density at radius 2 is 2.50 bits per heavy atom. The van der Waals surface area contributed by atoms with Crippen molar-refractivity contribution in [3.8, 4) is 0 Å². The summed E-state index contributed by atoms with van der Waals surface area (Å²) in [6.07, 6.45) is 2.95. The molecule has 0 saturated carbocycles. The largest absolute Gasteiger partial charge is 0.313 e. The molecule has 0 bridgehead atoms. The van der Waals surface area contributed by atoms with Gasteiger partial charge in [0.2, 0.25) is 0 Å². The molecule has 10 heavy (non-hydrogen) atoms. The molecule has 0 atom stereocenters. The van der Waals surface area contributed by atoms with Crippen LogP contribution >= 0.6 is 22.9 Å². The SMILES string of the molecule is IN1CCc2ncccc21. The molecule has 0 spiro atoms. The highest BCUT2D eigenvalue weighted by Gasteiger charge is 2.16. The maximum absolute atomic E-state index is 4.26. The summed E-state index contributed by atoms with van der Waals surface area (Å²) in [4.78, 5) is 4.26. The van der Waals surface area contributed by atoms with Crippen molar-refractivity contribution in [2.24, 2.45) is 0 Å². The van der Waals surface area contributed by atoms with Crippen LogP contribution in [-0.4, -0.2) is 11.5 Å². The lowest BCUT2D eigenvalue weighted by atomic mass is 10.3. The molecule has 0 N–H and O–H groups in total. The van der Waals surface area contributed by atoms with Crippen molar-refractivity contribution in [1.82, 2.24) is 4.98 Å². The molecule has 1 aromatic rings. The van der Waals surface area contributed by atoms with E-state index in [0.717, 1.165) is 13.0 Å². The van der Waals surface area contributed by atoms with E-state index in [-0.39, 0.29) is 0 Å². The second-order valence-corrected chi connectivity index (χ2v) is 3.47. The lowest BCUT2D eigenvalue weighted by Gasteiger charge is -2.06. The van der Waals surface area contributed by atoms with E-state index in [0.29, 0.717) is 0 Å². The van der Waals surface area contributed by atoms with Gasteiger partial charge in [-0.25, -0.2) is 0 Å². The van der Waals surface area contributed by atoms with Crippen LogP contribution < -0.4 is 3.11 Å². The van der Waals surface area contributed by atoms with Crippen molar-refractivity contribution < 1.29 is 0 Å². The molecule has 3 heteroatoms. The molecular formula is C7H7IN2. The molecule has 2 nitrogen and oxygen atoms in total. The Labute approximate surface area is 73.8 Å². The van der Waals surface area contributed by atoms with Gasteiger partial charge in [-0.15, -0.1) is 0 Å². The van der Waals surface area contributed by atoms with E-state index in [1.165, 1.54) is 11.4 Å². The normalized spacial score (nSPS) is 15.5. The van der Waals surface area contributed by atoms with Crippen molar-refractivity contribution in [3.63, 3.8) is 0 Å². The molecule has 52 valence electrons. The summed E-state index contributed by atoms with van der Waals surface area (Å²) in [6, 6.07) is 4.09. The van der Waals surface area contributed by atoms with Crippen LogP contribution in [0.15, 0.2) is 18.3 Å². The molecule has 2 heterocycles. The predicted octanol–water partition coefficient (Wildman–Crippen LogP) is 1.79. The Hall–Kier alpha value is -0.320. The third-order valence-electron chi connectivity index (χ3n) is 1.67. The van der Waals surface area contributed by atoms with Gasteiger partial charge >= 0.3 is 0 Å². The van der Waals surface area contributed by atoms with Crippen molar-refractivity contribution in [2.75, 3.05) is 9.66 Å². The average Bonchev–Trinajstić information content (AvgIpc) is 2.34. The van der Waals surface area contributed by atoms with Crippen LogP contribution in [0.2, 0.25) is 0 Å². The minimum atomic E-state index is 1.10. The summed E-state index contributed by atoms with van der Waals surface area (Å²) in [6.45, 7) is 1.10. The monoisotopic (exact) mass is 246 g/mol. The van der Waals surface area contributed by atoms with E-state index in [9.17, 15) is 0 Å². The topological polar surface area (TPSA) is 16.1 Å². The second kappa shape index (κ2) is 2.38. The summed E-state index contributed by atoms with van der Waals surface area (Å²) in [5, 5.41) is 0. The molecule has 0 unspecified atom stereocenters. The summed E-state index contributed by atoms with van der Waals surface area (Å²) in [5.74, 6) is 0. The Morgan fingerprint density at radius 1 is 1.60 bits per heavy atom. The first-order valence-electron chi connectivity index (χ1n) is 3.25. The number of aromatic nitrogens is 1. The average molecular weight is 246 g/mol. The summed E-state index contributed by atoms with van der Waals surface area (Å²) >= 11 is 2.32. The molecule has 0 saturated heterocycles. The Balaban J connectivity index is 2.51. The maximum atomic E-state index is 4.26. The van der Waals surface area contributed by atoms with E-state index in [1.807, 2.05) is 12.3 Å². The molecular weight excluding hydrogens is 239 g/mol. The number of hydrogen-bond acceptors (Lipinski definition) is 2. The van der Waals surface area contributed by atoms with Crippen LogP contribution in [-0.2, 0) is 6.42 Å². The summed E-state index contributed by atoms with van der Waals surface area (Å²) in [7, 11) is 0. The Bertz CT molecular complexity index is 249. The van der Waals surface area contributed by atoms with Crippen LogP contribution in [0.1, 0.15) is 5.69 Å². The first-order valence-corrected chi connectivity index (χ1v) is 4.21. The Kier molecular flexibility index (Phi) is 1.52. The molecule has 1 aromatic heterocycles. The molecule has 0 aromatic carbocycles. The first-order chi connectivity index (χ1) is 4.88. The van der Waals surface area contributed by atoms with Gasteiger partial charge in [-0.3, -0.25) is 4.98 Å². The highest BCUT2D eigenvalue weighted by molar-refractivity contribution is 14.1. The van der Waals surface area contributed by atoms with E-state index < -0.39 is 0 Å². The fourth-order valence-corrected chi connectivity index (χ4v) is 1.85. The standard InChI is InChI=1S/C7H7IN2/c8-10-5-3-6-7(10)2-1-4-9-6/h1-2,4H,3,5H2. The van der Waals surface area contributed by atoms with Gasteiger partial charge in [-0.2, -0.15) is 0 Å². The van der Waals surface area contributed by atoms with Crippen LogP contribution in [0.25, 0.3) is 0 Å². The third kappa shape index (κ3) is 0.885. The molecule has 0 aliphatic carbocycles. The van der Waals surface area contributed by atoms with Gasteiger partial charge in [0.05, 0.1) is 34.2 Å². The zero-order valence-corrected chi connectivity index (χ0v) is 7.58. The minimum Gasteiger partial charge on any atom is -0.313 e. The predicted molar refractivity (Wildman–Crippen MR) is 49.3 cm³/mol. The number of fused-ring (bicyclic) bond motifs is 1. The van der Waals surface area contributed by atoms with Gasteiger partial charge < -0.3 is 3.11 Å². The van der Waals surface area contributed by atoms with Crippen molar-refractivity contribution in [1.29, 1.82) is 0 Å². The van der Waals surface area contributed by atoms with E-state index in [1.54, 1.807) is 0 Å². The number of pyridine rings is 1. The minimum absolute atomic E-state index is 1.10. The van der Waals surface area contributed by atoms with Crippen LogP contribution in [0.3, 0.4) is 0 Å². The van der Waals surface area contributed by atoms with Crippen LogP contribution in [0.4, 0.5) is 5.69 Å². The fraction of sp³-hybridized carbons (Fsp3) is 0.286. The molecule has 1 aliphatic heterocycles. The fourth-order valence-electron chi connectivity index (χ4n) is 1.17. The lowest BCUT2D eigenvalue weighted by molar-refractivity contribution is 1.03. The number of rotatable bonds is 0. The summed E-state index contributed by atoms with van der Waals surface area (Å²) in [5.41, 5.74) is 2.51. The zero-order valence-electron chi connectivity index (χ0n) is 5.42. The molecule has 2 rings (SSSR count). The van der Waals surface area contributed by atoms with Crippen LogP contribution in [0.5, 0.6) is 0 Å². The smallest absolute Gasteiger partial charge is 0.0673 e. The van der Waals surface area contributed by atoms with Gasteiger partial charge in [0.1, 0.15) is 0 Å². The molecule has 0 amide bonds. The van der Waals surface area contributed by atoms with Gasteiger partial charge in [-0.1, -0.05) is 0 Å². The van der Waals surface area contributed by atoms with Crippen molar-refractivity contribution in [2.45, 2.75) is 6.42 Å². The number of halogens is 1. The van der Waals surface area contributed by atoms with E-state index in [2.05, 4.69) is 37.0 Å². The number of nitrogens with zero attached hydrogens (tertiary/aromatic N) is 2. The highest BCUT2D eigenvalue weighted by atomic mass is 127. The van der Waals surface area contributed by atoms with Crippen molar-refractivity contribution in [3.05, 3.63) is 24.0 Å². The second-order valence-electron chi connectivity index (χ2n) is 2.30. The number of anilines is 1. The highest BCUT2D eigenvalue weighted by Crippen LogP contribution is 2.27. The molecule has 0 fully saturated rings. The van der Waals surface area contributed by atoms with Gasteiger partial charge in [-0.05, 0) is 12.1 Å². The Morgan fingerprint density at radius 3 is 3.30 bits per heavy atom. The molecule has 0 radical (unpaired) electrons. The number of hydrogen-bond donors (Lipinski definition) is 0. The third-order valence-corrected chi connectivity index (χ3v) is 2.67. The van der Waals surface area contributed by atoms with Gasteiger partial charge in [0, 0.05) is 19.2 Å². The maximum Gasteiger partial charge on any atom is 0.0673 e. The molecule has 1 aliphatic rings. The summed E-state index contributed by atoms with van der Waals surface area (Å²) < 4.78 is 2.21. The van der Waals surface area contributed by atoms with Crippen LogP contribution in [0, 0.1) is 0 Å². The van der Waals surface area contributed by atoms with Gasteiger partial charge in [0.15, 0.2) is 0 Å². The zero-order chi connectivity index (χ0) is 6.97. The lowest BCUT2D eigenvalue weighted by Crippen LogP contribution is -2.02. The van der Waals surface area contributed by atoms with E-state index in [4.69, 9.17) is 0 Å².